The zero-order chi connectivity index (χ0) is 14.4. The molecule has 0 aromatic carbocycles. The summed E-state index contributed by atoms with van der Waals surface area (Å²) in [6.07, 6.45) is 11.3. The van der Waals surface area contributed by atoms with Gasteiger partial charge < -0.3 is 5.32 Å². The Bertz CT molecular complexity index is 260. The van der Waals surface area contributed by atoms with E-state index >= 15 is 0 Å². The second-order valence-corrected chi connectivity index (χ2v) is 7.36. The van der Waals surface area contributed by atoms with E-state index in [9.17, 15) is 0 Å². The first kappa shape index (κ1) is 16.3. The third-order valence-corrected chi connectivity index (χ3v) is 5.65. The van der Waals surface area contributed by atoms with Crippen molar-refractivity contribution in [2.24, 2.45) is 11.8 Å². The van der Waals surface area contributed by atoms with Crippen molar-refractivity contribution in [2.75, 3.05) is 19.6 Å². The van der Waals surface area contributed by atoms with E-state index in [0.29, 0.717) is 0 Å². The summed E-state index contributed by atoms with van der Waals surface area (Å²) in [4.78, 5) is 2.75. The molecule has 1 aliphatic heterocycles. The molecular formula is C18H36N2. The molecule has 20 heavy (non-hydrogen) atoms. The van der Waals surface area contributed by atoms with Gasteiger partial charge in [-0.25, -0.2) is 0 Å². The van der Waals surface area contributed by atoms with Crippen molar-refractivity contribution < 1.29 is 0 Å². The van der Waals surface area contributed by atoms with Crippen LogP contribution in [0.4, 0.5) is 0 Å². The Morgan fingerprint density at radius 1 is 1.10 bits per heavy atom. The molecule has 1 saturated carbocycles. The summed E-state index contributed by atoms with van der Waals surface area (Å²) in [6.45, 7) is 11.0. The van der Waals surface area contributed by atoms with Gasteiger partial charge in [0.15, 0.2) is 0 Å². The number of hydrogen-bond donors (Lipinski definition) is 1. The van der Waals surface area contributed by atoms with Crippen LogP contribution in [0.1, 0.15) is 72.1 Å². The highest BCUT2D eigenvalue weighted by atomic mass is 15.2. The SMILES string of the molecule is CCCC1CC(NCC2CCCC2)CN(C(C)CC)C1. The van der Waals surface area contributed by atoms with Crippen molar-refractivity contribution in [3.63, 3.8) is 0 Å². The maximum absolute atomic E-state index is 3.92. The fraction of sp³-hybridized carbons (Fsp3) is 1.00. The number of likely N-dealkylation sites (tertiary alicyclic amines) is 1. The standard InChI is InChI=1S/C18H36N2/c1-4-8-17-11-18(14-20(13-17)15(3)5-2)19-12-16-9-6-7-10-16/h15-19H,4-14H2,1-3H3. The third kappa shape index (κ3) is 4.73. The fourth-order valence-corrected chi connectivity index (χ4v) is 4.17. The first-order valence-electron chi connectivity index (χ1n) is 9.20. The average molecular weight is 280 g/mol. The van der Waals surface area contributed by atoms with Crippen LogP contribution >= 0.6 is 0 Å². The summed E-state index contributed by atoms with van der Waals surface area (Å²) < 4.78 is 0. The Morgan fingerprint density at radius 2 is 1.85 bits per heavy atom. The van der Waals surface area contributed by atoms with Gasteiger partial charge in [0.05, 0.1) is 0 Å². The normalized spacial score (nSPS) is 30.8. The van der Waals surface area contributed by atoms with Gasteiger partial charge >= 0.3 is 0 Å². The minimum absolute atomic E-state index is 0.745. The highest BCUT2D eigenvalue weighted by molar-refractivity contribution is 4.86. The highest BCUT2D eigenvalue weighted by Crippen LogP contribution is 2.26. The summed E-state index contributed by atoms with van der Waals surface area (Å²) in [5.74, 6) is 1.89. The van der Waals surface area contributed by atoms with E-state index in [1.807, 2.05) is 0 Å². The van der Waals surface area contributed by atoms with E-state index < -0.39 is 0 Å². The molecular weight excluding hydrogens is 244 g/mol. The average Bonchev–Trinajstić information content (AvgIpc) is 2.97. The van der Waals surface area contributed by atoms with Crippen LogP contribution in [-0.2, 0) is 0 Å². The van der Waals surface area contributed by atoms with Crippen molar-refractivity contribution in [3.8, 4) is 0 Å². The van der Waals surface area contributed by atoms with Gasteiger partial charge in [-0.3, -0.25) is 4.90 Å². The zero-order valence-corrected chi connectivity index (χ0v) is 14.0. The van der Waals surface area contributed by atoms with E-state index in [4.69, 9.17) is 0 Å². The second kappa shape index (κ2) is 8.38. The number of hydrogen-bond acceptors (Lipinski definition) is 2. The number of nitrogens with zero attached hydrogens (tertiary/aromatic N) is 1. The summed E-state index contributed by atoms with van der Waals surface area (Å²) in [5, 5.41) is 3.92. The molecule has 2 rings (SSSR count). The topological polar surface area (TPSA) is 15.3 Å². The molecule has 0 amide bonds. The van der Waals surface area contributed by atoms with Crippen LogP contribution in [0.3, 0.4) is 0 Å². The molecule has 0 aromatic heterocycles. The summed E-state index contributed by atoms with van der Waals surface area (Å²) in [5.41, 5.74) is 0. The monoisotopic (exact) mass is 280 g/mol. The number of rotatable bonds is 7. The van der Waals surface area contributed by atoms with Gasteiger partial charge in [-0.15, -0.1) is 0 Å². The van der Waals surface area contributed by atoms with Crippen LogP contribution in [0.2, 0.25) is 0 Å². The molecule has 3 atom stereocenters. The minimum atomic E-state index is 0.745. The van der Waals surface area contributed by atoms with Crippen LogP contribution < -0.4 is 5.32 Å². The smallest absolute Gasteiger partial charge is 0.0198 e. The molecule has 0 aromatic rings. The maximum Gasteiger partial charge on any atom is 0.0198 e. The third-order valence-electron chi connectivity index (χ3n) is 5.65. The van der Waals surface area contributed by atoms with Gasteiger partial charge in [-0.05, 0) is 57.4 Å². The summed E-state index contributed by atoms with van der Waals surface area (Å²) >= 11 is 0. The van der Waals surface area contributed by atoms with Gasteiger partial charge in [0.25, 0.3) is 0 Å². The molecule has 118 valence electrons. The van der Waals surface area contributed by atoms with Crippen LogP contribution in [-0.4, -0.2) is 36.6 Å². The fourth-order valence-electron chi connectivity index (χ4n) is 4.17. The van der Waals surface area contributed by atoms with E-state index in [2.05, 4.69) is 31.0 Å². The van der Waals surface area contributed by atoms with Gasteiger partial charge in [0.2, 0.25) is 0 Å². The Labute approximate surface area is 126 Å². The van der Waals surface area contributed by atoms with Crippen molar-refractivity contribution in [1.82, 2.24) is 10.2 Å². The van der Waals surface area contributed by atoms with E-state index in [-0.39, 0.29) is 0 Å². The molecule has 1 saturated heterocycles. The maximum atomic E-state index is 3.92. The van der Waals surface area contributed by atoms with Crippen molar-refractivity contribution >= 4 is 0 Å². The van der Waals surface area contributed by atoms with E-state index in [1.54, 1.807) is 0 Å². The lowest BCUT2D eigenvalue weighted by molar-refractivity contribution is 0.0966. The lowest BCUT2D eigenvalue weighted by Crippen LogP contribution is -2.52. The van der Waals surface area contributed by atoms with Crippen LogP contribution in [0.25, 0.3) is 0 Å². The summed E-state index contributed by atoms with van der Waals surface area (Å²) in [6, 6.07) is 1.50. The van der Waals surface area contributed by atoms with Crippen LogP contribution in [0, 0.1) is 11.8 Å². The van der Waals surface area contributed by atoms with Gasteiger partial charge in [-0.2, -0.15) is 0 Å². The molecule has 1 N–H and O–H groups in total. The quantitative estimate of drug-likeness (QED) is 0.756. The predicted octanol–water partition coefficient (Wildman–Crippen LogP) is 4.06. The van der Waals surface area contributed by atoms with Crippen molar-refractivity contribution in [2.45, 2.75) is 84.2 Å². The molecule has 1 aliphatic carbocycles. The molecule has 1 heterocycles. The van der Waals surface area contributed by atoms with Crippen molar-refractivity contribution in [3.05, 3.63) is 0 Å². The molecule has 0 bridgehead atoms. The van der Waals surface area contributed by atoms with Gasteiger partial charge in [-0.1, -0.05) is 33.1 Å². The van der Waals surface area contributed by atoms with Crippen LogP contribution in [0.5, 0.6) is 0 Å². The zero-order valence-electron chi connectivity index (χ0n) is 14.0. The number of nitrogens with one attached hydrogen (secondary N) is 1. The first-order chi connectivity index (χ1) is 9.72. The first-order valence-corrected chi connectivity index (χ1v) is 9.20. The molecule has 0 spiro atoms. The Morgan fingerprint density at radius 3 is 2.50 bits per heavy atom. The Hall–Kier alpha value is -0.0800. The second-order valence-electron chi connectivity index (χ2n) is 7.36. The van der Waals surface area contributed by atoms with Crippen LogP contribution in [0.15, 0.2) is 0 Å². The molecule has 2 nitrogen and oxygen atoms in total. The molecule has 2 fully saturated rings. The molecule has 2 heteroatoms. The van der Waals surface area contributed by atoms with E-state index in [0.717, 1.165) is 23.9 Å². The lowest BCUT2D eigenvalue weighted by atomic mass is 9.89. The minimum Gasteiger partial charge on any atom is -0.312 e. The Kier molecular flexibility index (Phi) is 6.83. The largest absolute Gasteiger partial charge is 0.312 e. The molecule has 2 aliphatic rings. The molecule has 3 unspecified atom stereocenters. The van der Waals surface area contributed by atoms with Gasteiger partial charge in [0, 0.05) is 25.2 Å². The summed E-state index contributed by atoms with van der Waals surface area (Å²) in [7, 11) is 0. The lowest BCUT2D eigenvalue weighted by Gasteiger charge is -2.41. The Balaban J connectivity index is 1.82. The molecule has 0 radical (unpaired) electrons. The van der Waals surface area contributed by atoms with E-state index in [1.165, 1.54) is 71.0 Å². The van der Waals surface area contributed by atoms with Gasteiger partial charge in [0.1, 0.15) is 0 Å². The highest BCUT2D eigenvalue weighted by Gasteiger charge is 2.29. The number of piperidine rings is 1. The van der Waals surface area contributed by atoms with Crippen molar-refractivity contribution in [1.29, 1.82) is 0 Å². The predicted molar refractivity (Wildman–Crippen MR) is 88.1 cm³/mol.